The van der Waals surface area contributed by atoms with Crippen LogP contribution in [0, 0.1) is 11.2 Å². The van der Waals surface area contributed by atoms with E-state index in [9.17, 15) is 17.6 Å². The number of amides is 1. The van der Waals surface area contributed by atoms with Crippen LogP contribution < -0.4 is 9.47 Å². The molecule has 2 aromatic carbocycles. The van der Waals surface area contributed by atoms with Gasteiger partial charge in [-0.2, -0.15) is 4.31 Å². The van der Waals surface area contributed by atoms with E-state index >= 15 is 0 Å². The zero-order valence-electron chi connectivity index (χ0n) is 20.1. The van der Waals surface area contributed by atoms with Crippen molar-refractivity contribution in [2.45, 2.75) is 43.4 Å². The second kappa shape index (κ2) is 11.0. The number of carbonyl (C=O) groups is 1. The summed E-state index contributed by atoms with van der Waals surface area (Å²) in [6, 6.07) is 12.3. The molecule has 2 aromatic rings. The summed E-state index contributed by atoms with van der Waals surface area (Å²) in [6.45, 7) is 2.39. The summed E-state index contributed by atoms with van der Waals surface area (Å²) < 4.78 is 52.5. The molecule has 2 heterocycles. The maximum atomic E-state index is 13.3. The molecule has 0 unspecified atom stereocenters. The molecule has 2 aliphatic rings. The topological polar surface area (TPSA) is 76.1 Å². The lowest BCUT2D eigenvalue weighted by molar-refractivity contribution is -0.136. The lowest BCUT2D eigenvalue weighted by Crippen LogP contribution is -2.48. The highest BCUT2D eigenvalue weighted by molar-refractivity contribution is 7.89. The first-order valence-corrected chi connectivity index (χ1v) is 13.6. The third-order valence-electron chi connectivity index (χ3n) is 7.06. The molecule has 0 aromatic heterocycles. The van der Waals surface area contributed by atoms with Crippen LogP contribution in [-0.2, 0) is 14.8 Å². The molecule has 4 rings (SSSR count). The van der Waals surface area contributed by atoms with Crippen LogP contribution in [0.1, 0.15) is 38.5 Å². The number of benzene rings is 2. The van der Waals surface area contributed by atoms with Crippen molar-refractivity contribution in [1.82, 2.24) is 9.21 Å². The van der Waals surface area contributed by atoms with Crippen LogP contribution >= 0.6 is 0 Å². The van der Waals surface area contributed by atoms with Gasteiger partial charge in [0, 0.05) is 44.1 Å². The Morgan fingerprint density at radius 1 is 0.971 bits per heavy atom. The van der Waals surface area contributed by atoms with Gasteiger partial charge in [-0.15, -0.1) is 0 Å². The van der Waals surface area contributed by atoms with Crippen LogP contribution in [0.25, 0.3) is 0 Å². The Balaban J connectivity index is 1.49. The van der Waals surface area contributed by atoms with E-state index in [1.54, 1.807) is 30.3 Å². The first-order chi connectivity index (χ1) is 16.8. The van der Waals surface area contributed by atoms with Crippen LogP contribution in [-0.4, -0.2) is 63.4 Å². The fourth-order valence-electron chi connectivity index (χ4n) is 4.83. The van der Waals surface area contributed by atoms with Crippen molar-refractivity contribution in [3.05, 3.63) is 54.3 Å². The zero-order valence-corrected chi connectivity index (χ0v) is 20.9. The van der Waals surface area contributed by atoms with Gasteiger partial charge in [0.2, 0.25) is 15.9 Å². The van der Waals surface area contributed by atoms with Gasteiger partial charge in [0.1, 0.15) is 17.3 Å². The highest BCUT2D eigenvalue weighted by Crippen LogP contribution is 2.38. The van der Waals surface area contributed by atoms with Gasteiger partial charge in [-0.3, -0.25) is 4.79 Å². The maximum absolute atomic E-state index is 13.3. The average molecular weight is 505 g/mol. The van der Waals surface area contributed by atoms with Crippen LogP contribution in [0.3, 0.4) is 0 Å². The highest BCUT2D eigenvalue weighted by Gasteiger charge is 2.41. The Morgan fingerprint density at radius 2 is 1.66 bits per heavy atom. The molecular weight excluding hydrogens is 471 g/mol. The number of methoxy groups -OCH3 is 1. The predicted octanol–water partition coefficient (Wildman–Crippen LogP) is 4.09. The molecule has 1 amide bonds. The predicted molar refractivity (Wildman–Crippen MR) is 130 cm³/mol. The summed E-state index contributed by atoms with van der Waals surface area (Å²) >= 11 is 0. The lowest BCUT2D eigenvalue weighted by Gasteiger charge is -2.42. The summed E-state index contributed by atoms with van der Waals surface area (Å²) in [4.78, 5) is 15.3. The molecule has 9 heteroatoms. The molecular formula is C26H33FN2O5S. The number of nitrogens with zero attached hydrogens (tertiary/aromatic N) is 2. The summed E-state index contributed by atoms with van der Waals surface area (Å²) in [5.74, 6) is 0.764. The van der Waals surface area contributed by atoms with Gasteiger partial charge in [0.25, 0.3) is 0 Å². The van der Waals surface area contributed by atoms with Crippen molar-refractivity contribution < 1.29 is 27.1 Å². The summed E-state index contributed by atoms with van der Waals surface area (Å²) in [6.07, 6.45) is 4.46. The molecule has 0 radical (unpaired) electrons. The van der Waals surface area contributed by atoms with E-state index in [-0.39, 0.29) is 23.2 Å². The SMILES string of the molecule is COc1cccc(S(=O)(=O)N2CCC(COc3ccc(F)cc3)(CC(=O)N3CCCCC3)CC2)c1. The number of carbonyl (C=O) groups excluding carboxylic acids is 1. The maximum Gasteiger partial charge on any atom is 0.243 e. The van der Waals surface area contributed by atoms with E-state index in [2.05, 4.69) is 0 Å². The normalized spacial score (nSPS) is 18.7. The third kappa shape index (κ3) is 6.13. The number of rotatable bonds is 8. The van der Waals surface area contributed by atoms with E-state index in [0.717, 1.165) is 32.4 Å². The smallest absolute Gasteiger partial charge is 0.243 e. The monoisotopic (exact) mass is 504 g/mol. The van der Waals surface area contributed by atoms with E-state index in [4.69, 9.17) is 9.47 Å². The van der Waals surface area contributed by atoms with Crippen LogP contribution in [0.4, 0.5) is 4.39 Å². The van der Waals surface area contributed by atoms with Crippen LogP contribution in [0.5, 0.6) is 11.5 Å². The number of sulfonamides is 1. The molecule has 7 nitrogen and oxygen atoms in total. The second-order valence-electron chi connectivity index (χ2n) is 9.44. The van der Waals surface area contributed by atoms with Gasteiger partial charge >= 0.3 is 0 Å². The van der Waals surface area contributed by atoms with Crippen molar-refractivity contribution >= 4 is 15.9 Å². The number of hydrogen-bond donors (Lipinski definition) is 0. The molecule has 0 spiro atoms. The minimum Gasteiger partial charge on any atom is -0.497 e. The first-order valence-electron chi connectivity index (χ1n) is 12.1. The van der Waals surface area contributed by atoms with E-state index in [1.165, 1.54) is 29.6 Å². The van der Waals surface area contributed by atoms with Crippen LogP contribution in [0.2, 0.25) is 0 Å². The van der Waals surface area contributed by atoms with Crippen molar-refractivity contribution in [3.63, 3.8) is 0 Å². The van der Waals surface area contributed by atoms with Gasteiger partial charge in [0.15, 0.2) is 0 Å². The van der Waals surface area contributed by atoms with E-state index in [0.29, 0.717) is 43.9 Å². The number of halogens is 1. The zero-order chi connectivity index (χ0) is 24.9. The van der Waals surface area contributed by atoms with Gasteiger partial charge in [0.05, 0.1) is 18.6 Å². The Labute approximate surface area is 206 Å². The van der Waals surface area contributed by atoms with Gasteiger partial charge in [-0.1, -0.05) is 6.07 Å². The summed E-state index contributed by atoms with van der Waals surface area (Å²) in [7, 11) is -2.19. The number of piperidine rings is 2. The Bertz CT molecular complexity index is 1110. The van der Waals surface area contributed by atoms with Crippen molar-refractivity contribution in [3.8, 4) is 11.5 Å². The standard InChI is InChI=1S/C26H33FN2O5S/c1-33-23-6-5-7-24(18-23)35(31,32)29-16-12-26(13-17-29,19-25(30)28-14-3-2-4-15-28)20-34-22-10-8-21(27)9-11-22/h5-11,18H,2-4,12-17,19-20H2,1H3. The van der Waals surface area contributed by atoms with E-state index < -0.39 is 15.4 Å². The minimum absolute atomic E-state index is 0.0940. The molecule has 35 heavy (non-hydrogen) atoms. The Hall–Kier alpha value is -2.65. The molecule has 2 aliphatic heterocycles. The Kier molecular flexibility index (Phi) is 7.96. The lowest BCUT2D eigenvalue weighted by atomic mass is 9.76. The third-order valence-corrected chi connectivity index (χ3v) is 8.95. The molecule has 2 saturated heterocycles. The molecule has 0 aliphatic carbocycles. The quantitative estimate of drug-likeness (QED) is 0.541. The number of hydrogen-bond acceptors (Lipinski definition) is 5. The van der Waals surface area contributed by atoms with Crippen molar-refractivity contribution in [2.75, 3.05) is 39.9 Å². The largest absolute Gasteiger partial charge is 0.497 e. The molecule has 0 bridgehead atoms. The fourth-order valence-corrected chi connectivity index (χ4v) is 6.30. The van der Waals surface area contributed by atoms with Gasteiger partial charge < -0.3 is 14.4 Å². The highest BCUT2D eigenvalue weighted by atomic mass is 32.2. The Morgan fingerprint density at radius 3 is 2.31 bits per heavy atom. The fraction of sp³-hybridized carbons (Fsp3) is 0.500. The van der Waals surface area contributed by atoms with E-state index in [1.807, 2.05) is 4.90 Å². The summed E-state index contributed by atoms with van der Waals surface area (Å²) in [5, 5.41) is 0. The van der Waals surface area contributed by atoms with Gasteiger partial charge in [-0.05, 0) is 68.5 Å². The van der Waals surface area contributed by atoms with Crippen molar-refractivity contribution in [1.29, 1.82) is 0 Å². The molecule has 0 saturated carbocycles. The molecule has 0 atom stereocenters. The first kappa shape index (κ1) is 25.4. The number of ether oxygens (including phenoxy) is 2. The number of likely N-dealkylation sites (tertiary alicyclic amines) is 1. The average Bonchev–Trinajstić information content (AvgIpc) is 2.89. The molecule has 2 fully saturated rings. The molecule has 190 valence electrons. The minimum atomic E-state index is -3.69. The summed E-state index contributed by atoms with van der Waals surface area (Å²) in [5.41, 5.74) is -0.497. The second-order valence-corrected chi connectivity index (χ2v) is 11.4. The van der Waals surface area contributed by atoms with Gasteiger partial charge in [-0.25, -0.2) is 12.8 Å². The molecule has 0 N–H and O–H groups in total. The van der Waals surface area contributed by atoms with Crippen molar-refractivity contribution in [2.24, 2.45) is 5.41 Å². The van der Waals surface area contributed by atoms with Crippen LogP contribution in [0.15, 0.2) is 53.4 Å².